The Bertz CT molecular complexity index is 633. The first-order valence-electron chi connectivity index (χ1n) is 5.70. The van der Waals surface area contributed by atoms with Gasteiger partial charge in [-0.3, -0.25) is 0 Å². The maximum atomic E-state index is 9.19. The van der Waals surface area contributed by atoms with Gasteiger partial charge in [0.25, 0.3) is 0 Å². The summed E-state index contributed by atoms with van der Waals surface area (Å²) < 4.78 is 6.48. The minimum absolute atomic E-state index is 0.294. The predicted molar refractivity (Wildman–Crippen MR) is 76.6 cm³/mol. The quantitative estimate of drug-likeness (QED) is 0.637. The Balaban J connectivity index is 2.25. The molecule has 3 nitrogen and oxygen atoms in total. The molecular weight excluding hydrogens is 266 g/mol. The highest BCUT2D eigenvalue weighted by Gasteiger charge is 2.27. The zero-order valence-corrected chi connectivity index (χ0v) is 11.8. The fraction of sp³-hybridized carbons (Fsp3) is 0.308. The fourth-order valence-electron chi connectivity index (χ4n) is 2.15. The van der Waals surface area contributed by atoms with Gasteiger partial charge in [-0.25, -0.2) is 0 Å². The molecule has 0 saturated carbocycles. The standard InChI is InChI=1S/C13H13NO2S2/c1-7-6-17-12-9-5-8(16-2)3-4-10(9)18-13(12)11(7)14-15/h3-5,7,15H,6H2,1-2H3. The topological polar surface area (TPSA) is 41.8 Å². The molecule has 0 spiro atoms. The molecule has 0 radical (unpaired) electrons. The van der Waals surface area contributed by atoms with Crippen LogP contribution in [0.25, 0.3) is 10.1 Å². The minimum Gasteiger partial charge on any atom is -0.497 e. The van der Waals surface area contributed by atoms with Gasteiger partial charge in [0.2, 0.25) is 0 Å². The highest BCUT2D eigenvalue weighted by Crippen LogP contribution is 2.44. The fourth-order valence-corrected chi connectivity index (χ4v) is 4.83. The summed E-state index contributed by atoms with van der Waals surface area (Å²) >= 11 is 3.52. The van der Waals surface area contributed by atoms with Crippen molar-refractivity contribution in [2.24, 2.45) is 11.1 Å². The molecule has 1 N–H and O–H groups in total. The van der Waals surface area contributed by atoms with Gasteiger partial charge in [0.05, 0.1) is 12.0 Å². The molecule has 0 aliphatic carbocycles. The third kappa shape index (κ3) is 1.69. The molecule has 1 aliphatic heterocycles. The molecule has 1 aromatic heterocycles. The van der Waals surface area contributed by atoms with Crippen LogP contribution in [0.5, 0.6) is 5.75 Å². The number of oxime groups is 1. The van der Waals surface area contributed by atoms with Crippen LogP contribution in [0, 0.1) is 5.92 Å². The molecule has 1 aromatic carbocycles. The van der Waals surface area contributed by atoms with Crippen LogP contribution in [0.1, 0.15) is 11.8 Å². The molecule has 3 rings (SSSR count). The molecule has 0 saturated heterocycles. The van der Waals surface area contributed by atoms with E-state index >= 15 is 0 Å². The van der Waals surface area contributed by atoms with Crippen molar-refractivity contribution >= 4 is 38.9 Å². The molecular formula is C13H13NO2S2. The van der Waals surface area contributed by atoms with Gasteiger partial charge in [-0.2, -0.15) is 0 Å². The van der Waals surface area contributed by atoms with Crippen LogP contribution in [0.4, 0.5) is 0 Å². The molecule has 0 fully saturated rings. The van der Waals surface area contributed by atoms with E-state index in [1.807, 2.05) is 17.8 Å². The maximum Gasteiger partial charge on any atom is 0.119 e. The van der Waals surface area contributed by atoms with Crippen LogP contribution in [0.3, 0.4) is 0 Å². The zero-order valence-electron chi connectivity index (χ0n) is 10.1. The Morgan fingerprint density at radius 2 is 2.28 bits per heavy atom. The molecule has 2 heterocycles. The summed E-state index contributed by atoms with van der Waals surface area (Å²) in [4.78, 5) is 2.32. The van der Waals surface area contributed by atoms with E-state index < -0.39 is 0 Å². The average Bonchev–Trinajstić information content (AvgIpc) is 2.76. The first-order valence-corrected chi connectivity index (χ1v) is 7.50. The normalized spacial score (nSPS) is 21.2. The van der Waals surface area contributed by atoms with Crippen molar-refractivity contribution in [1.82, 2.24) is 0 Å². The van der Waals surface area contributed by atoms with E-state index in [4.69, 9.17) is 4.74 Å². The number of nitrogens with zero attached hydrogens (tertiary/aromatic N) is 1. The van der Waals surface area contributed by atoms with Gasteiger partial charge in [0.15, 0.2) is 0 Å². The highest BCUT2D eigenvalue weighted by atomic mass is 32.2. The van der Waals surface area contributed by atoms with Gasteiger partial charge in [0, 0.05) is 26.7 Å². The smallest absolute Gasteiger partial charge is 0.119 e. The third-order valence-corrected chi connectivity index (χ3v) is 5.84. The van der Waals surface area contributed by atoms with Gasteiger partial charge < -0.3 is 9.94 Å². The van der Waals surface area contributed by atoms with E-state index in [1.54, 1.807) is 18.4 Å². The summed E-state index contributed by atoms with van der Waals surface area (Å²) in [6, 6.07) is 6.09. The van der Waals surface area contributed by atoms with Crippen LogP contribution in [0.2, 0.25) is 0 Å². The number of rotatable bonds is 1. The summed E-state index contributed by atoms with van der Waals surface area (Å²) in [6.07, 6.45) is 0. The number of hydrogen-bond donors (Lipinski definition) is 1. The van der Waals surface area contributed by atoms with Gasteiger partial charge in [-0.1, -0.05) is 12.1 Å². The molecule has 1 unspecified atom stereocenters. The van der Waals surface area contributed by atoms with Crippen LogP contribution in [-0.4, -0.2) is 23.8 Å². The molecule has 0 amide bonds. The lowest BCUT2D eigenvalue weighted by atomic mass is 10.1. The molecule has 1 aliphatic rings. The third-order valence-electron chi connectivity index (χ3n) is 3.13. The van der Waals surface area contributed by atoms with E-state index in [0.29, 0.717) is 5.92 Å². The average molecular weight is 279 g/mol. The van der Waals surface area contributed by atoms with E-state index in [1.165, 1.54) is 15.0 Å². The molecule has 0 bridgehead atoms. The summed E-state index contributed by atoms with van der Waals surface area (Å²) in [5.41, 5.74) is 0.809. The van der Waals surface area contributed by atoms with Gasteiger partial charge in [-0.15, -0.1) is 23.1 Å². The second-order valence-electron chi connectivity index (χ2n) is 4.32. The second kappa shape index (κ2) is 4.48. The number of benzene rings is 1. The van der Waals surface area contributed by atoms with Crippen LogP contribution in [0.15, 0.2) is 28.3 Å². The van der Waals surface area contributed by atoms with Crippen molar-refractivity contribution in [2.45, 2.75) is 11.8 Å². The van der Waals surface area contributed by atoms with Gasteiger partial charge >= 0.3 is 0 Å². The van der Waals surface area contributed by atoms with E-state index in [2.05, 4.69) is 24.2 Å². The van der Waals surface area contributed by atoms with Crippen molar-refractivity contribution in [2.75, 3.05) is 12.9 Å². The number of hydrogen-bond acceptors (Lipinski definition) is 5. The largest absolute Gasteiger partial charge is 0.497 e. The Labute approximate surface area is 113 Å². The monoisotopic (exact) mass is 279 g/mol. The number of ether oxygens (including phenoxy) is 1. The zero-order chi connectivity index (χ0) is 12.7. The lowest BCUT2D eigenvalue weighted by Crippen LogP contribution is -2.18. The highest BCUT2D eigenvalue weighted by molar-refractivity contribution is 8.00. The SMILES string of the molecule is COc1ccc2sc3c(c2c1)SCC(C)C3=NO. The Hall–Kier alpha value is -1.20. The Morgan fingerprint density at radius 1 is 1.44 bits per heavy atom. The van der Waals surface area contributed by atoms with E-state index in [9.17, 15) is 5.21 Å². The lowest BCUT2D eigenvalue weighted by molar-refractivity contribution is 0.316. The maximum absolute atomic E-state index is 9.19. The number of fused-ring (bicyclic) bond motifs is 3. The first-order chi connectivity index (χ1) is 8.74. The second-order valence-corrected chi connectivity index (χ2v) is 6.40. The molecule has 94 valence electrons. The number of methoxy groups -OCH3 is 1. The van der Waals surface area contributed by atoms with Gasteiger partial charge in [-0.05, 0) is 18.2 Å². The number of thioether (sulfide) groups is 1. The Morgan fingerprint density at radius 3 is 3.00 bits per heavy atom. The van der Waals surface area contributed by atoms with Crippen molar-refractivity contribution in [3.63, 3.8) is 0 Å². The van der Waals surface area contributed by atoms with Crippen molar-refractivity contribution in [3.8, 4) is 5.75 Å². The predicted octanol–water partition coefficient (Wildman–Crippen LogP) is 3.83. The lowest BCUT2D eigenvalue weighted by Gasteiger charge is -2.18. The molecule has 2 aromatic rings. The summed E-state index contributed by atoms with van der Waals surface area (Å²) in [5.74, 6) is 2.11. The van der Waals surface area contributed by atoms with Crippen LogP contribution >= 0.6 is 23.1 Å². The molecule has 18 heavy (non-hydrogen) atoms. The van der Waals surface area contributed by atoms with Crippen LogP contribution in [-0.2, 0) is 0 Å². The Kier molecular flexibility index (Phi) is 2.95. The van der Waals surface area contributed by atoms with E-state index in [-0.39, 0.29) is 0 Å². The van der Waals surface area contributed by atoms with Crippen molar-refractivity contribution in [3.05, 3.63) is 23.1 Å². The first kappa shape index (κ1) is 11.9. The summed E-state index contributed by atoms with van der Waals surface area (Å²) in [5, 5.41) is 13.9. The molecule has 1 atom stereocenters. The summed E-state index contributed by atoms with van der Waals surface area (Å²) in [6.45, 7) is 2.09. The van der Waals surface area contributed by atoms with E-state index in [0.717, 1.165) is 22.1 Å². The van der Waals surface area contributed by atoms with Crippen LogP contribution < -0.4 is 4.74 Å². The minimum atomic E-state index is 0.294. The van der Waals surface area contributed by atoms with Crippen molar-refractivity contribution in [1.29, 1.82) is 0 Å². The van der Waals surface area contributed by atoms with Crippen molar-refractivity contribution < 1.29 is 9.94 Å². The molecule has 5 heteroatoms. The number of thiophene rings is 1. The summed E-state index contributed by atoms with van der Waals surface area (Å²) in [7, 11) is 1.68. The van der Waals surface area contributed by atoms with Gasteiger partial charge in [0.1, 0.15) is 11.5 Å².